The lowest BCUT2D eigenvalue weighted by atomic mass is 9.87. The van der Waals surface area contributed by atoms with Crippen molar-refractivity contribution in [2.75, 3.05) is 19.3 Å². The normalized spacial score (nSPS) is 22.0. The highest BCUT2D eigenvalue weighted by Crippen LogP contribution is 2.50. The summed E-state index contributed by atoms with van der Waals surface area (Å²) < 4.78 is 5.38. The Bertz CT molecular complexity index is 535. The number of rotatable bonds is 3. The van der Waals surface area contributed by atoms with E-state index in [9.17, 15) is 9.59 Å². The standard InChI is InChI=1S/C15H22N2O3S/c1-9(2)20-14(19)12-13-17(8-15(12,3)4)10(7-21-13)6-11(18)16-5/h6,9H,7-8H2,1-5H3,(H,16,18)/b10-6+. The third kappa shape index (κ3) is 3.10. The topological polar surface area (TPSA) is 58.6 Å². The van der Waals surface area contributed by atoms with Crippen LogP contribution in [0, 0.1) is 5.41 Å². The first-order valence-corrected chi connectivity index (χ1v) is 8.03. The van der Waals surface area contributed by atoms with Crippen LogP contribution < -0.4 is 5.32 Å². The molecule has 21 heavy (non-hydrogen) atoms. The Morgan fingerprint density at radius 2 is 2.10 bits per heavy atom. The van der Waals surface area contributed by atoms with E-state index >= 15 is 0 Å². The monoisotopic (exact) mass is 310 g/mol. The maximum Gasteiger partial charge on any atom is 0.337 e. The van der Waals surface area contributed by atoms with Crippen LogP contribution in [0.3, 0.4) is 0 Å². The van der Waals surface area contributed by atoms with Gasteiger partial charge in [-0.25, -0.2) is 4.79 Å². The maximum absolute atomic E-state index is 12.4. The van der Waals surface area contributed by atoms with Crippen LogP contribution in [-0.2, 0) is 14.3 Å². The van der Waals surface area contributed by atoms with Crippen LogP contribution in [0.1, 0.15) is 27.7 Å². The zero-order valence-electron chi connectivity index (χ0n) is 13.1. The van der Waals surface area contributed by atoms with Gasteiger partial charge in [-0.1, -0.05) is 13.8 Å². The van der Waals surface area contributed by atoms with Crippen molar-refractivity contribution in [2.45, 2.75) is 33.8 Å². The Kier molecular flexibility index (Phi) is 4.37. The number of esters is 1. The number of carbonyl (C=O) groups is 2. The number of nitrogens with zero attached hydrogens (tertiary/aromatic N) is 1. The Hall–Kier alpha value is -1.43. The highest BCUT2D eigenvalue weighted by molar-refractivity contribution is 8.03. The number of hydrogen-bond donors (Lipinski definition) is 1. The van der Waals surface area contributed by atoms with Crippen molar-refractivity contribution in [2.24, 2.45) is 5.41 Å². The van der Waals surface area contributed by atoms with Gasteiger partial charge in [0.05, 0.1) is 16.7 Å². The molecule has 0 aromatic rings. The number of thioether (sulfide) groups is 1. The second-order valence-electron chi connectivity index (χ2n) is 6.14. The molecule has 1 amide bonds. The summed E-state index contributed by atoms with van der Waals surface area (Å²) in [5, 5.41) is 3.52. The van der Waals surface area contributed by atoms with Gasteiger partial charge >= 0.3 is 5.97 Å². The van der Waals surface area contributed by atoms with E-state index in [1.807, 2.05) is 27.7 Å². The molecule has 0 aromatic carbocycles. The van der Waals surface area contributed by atoms with Gasteiger partial charge in [-0.3, -0.25) is 4.79 Å². The van der Waals surface area contributed by atoms with E-state index in [2.05, 4.69) is 10.2 Å². The number of fused-ring (bicyclic) bond motifs is 1. The summed E-state index contributed by atoms with van der Waals surface area (Å²) >= 11 is 1.60. The largest absolute Gasteiger partial charge is 0.460 e. The quantitative estimate of drug-likeness (QED) is 0.637. The SMILES string of the molecule is CNC(=O)/C=C1\CSC2=C(C(=O)OC(C)C)C(C)(C)CN21. The van der Waals surface area contributed by atoms with Crippen molar-refractivity contribution >= 4 is 23.6 Å². The molecule has 0 aliphatic carbocycles. The van der Waals surface area contributed by atoms with Crippen molar-refractivity contribution in [1.29, 1.82) is 0 Å². The summed E-state index contributed by atoms with van der Waals surface area (Å²) in [6.07, 6.45) is 1.47. The van der Waals surface area contributed by atoms with Gasteiger partial charge in [-0.05, 0) is 13.8 Å². The number of amides is 1. The molecule has 0 radical (unpaired) electrons. The number of hydrogen-bond acceptors (Lipinski definition) is 5. The van der Waals surface area contributed by atoms with Gasteiger partial charge in [-0.2, -0.15) is 0 Å². The Balaban J connectivity index is 2.34. The lowest BCUT2D eigenvalue weighted by Crippen LogP contribution is -2.28. The van der Waals surface area contributed by atoms with E-state index in [4.69, 9.17) is 4.74 Å². The zero-order chi connectivity index (χ0) is 15.8. The zero-order valence-corrected chi connectivity index (χ0v) is 14.0. The third-order valence-electron chi connectivity index (χ3n) is 3.48. The van der Waals surface area contributed by atoms with Crippen molar-refractivity contribution in [1.82, 2.24) is 10.2 Å². The molecule has 1 saturated heterocycles. The lowest BCUT2D eigenvalue weighted by molar-refractivity contribution is -0.143. The van der Waals surface area contributed by atoms with E-state index in [1.165, 1.54) is 0 Å². The Labute approximate surface area is 129 Å². The molecule has 0 saturated carbocycles. The smallest absolute Gasteiger partial charge is 0.337 e. The van der Waals surface area contributed by atoms with Crippen molar-refractivity contribution in [3.8, 4) is 0 Å². The molecule has 0 atom stereocenters. The third-order valence-corrected chi connectivity index (χ3v) is 4.62. The highest BCUT2D eigenvalue weighted by atomic mass is 32.2. The molecule has 0 spiro atoms. The van der Waals surface area contributed by atoms with Crippen LogP contribution in [0.25, 0.3) is 0 Å². The highest BCUT2D eigenvalue weighted by Gasteiger charge is 2.46. The van der Waals surface area contributed by atoms with Crippen molar-refractivity contribution < 1.29 is 14.3 Å². The van der Waals surface area contributed by atoms with E-state index in [0.717, 1.165) is 16.3 Å². The molecular weight excluding hydrogens is 288 g/mol. The average molecular weight is 310 g/mol. The summed E-state index contributed by atoms with van der Waals surface area (Å²) in [4.78, 5) is 26.0. The minimum Gasteiger partial charge on any atom is -0.460 e. The summed E-state index contributed by atoms with van der Waals surface area (Å²) in [7, 11) is 1.61. The molecule has 1 fully saturated rings. The summed E-state index contributed by atoms with van der Waals surface area (Å²) in [6, 6.07) is 0. The van der Waals surface area contributed by atoms with Gasteiger partial charge in [0.15, 0.2) is 0 Å². The van der Waals surface area contributed by atoms with E-state index in [1.54, 1.807) is 24.9 Å². The average Bonchev–Trinajstić information content (AvgIpc) is 2.83. The lowest BCUT2D eigenvalue weighted by Gasteiger charge is -2.23. The first kappa shape index (κ1) is 15.9. The van der Waals surface area contributed by atoms with E-state index in [-0.39, 0.29) is 23.4 Å². The fraction of sp³-hybridized carbons (Fsp3) is 0.600. The molecule has 116 valence electrons. The number of nitrogens with one attached hydrogen (secondary N) is 1. The fourth-order valence-corrected chi connectivity index (χ4v) is 3.92. The van der Waals surface area contributed by atoms with Crippen LogP contribution in [0.5, 0.6) is 0 Å². The summed E-state index contributed by atoms with van der Waals surface area (Å²) in [5.74, 6) is 0.334. The van der Waals surface area contributed by atoms with Crippen LogP contribution in [0.15, 0.2) is 22.4 Å². The molecule has 2 rings (SSSR count). The first-order valence-electron chi connectivity index (χ1n) is 7.04. The van der Waals surface area contributed by atoms with E-state index in [0.29, 0.717) is 12.3 Å². The minimum atomic E-state index is -0.281. The van der Waals surface area contributed by atoms with Gasteiger partial charge in [0.2, 0.25) is 5.91 Å². The molecule has 5 nitrogen and oxygen atoms in total. The number of ether oxygens (including phenoxy) is 1. The van der Waals surface area contributed by atoms with Gasteiger partial charge in [0, 0.05) is 36.5 Å². The molecule has 0 aromatic heterocycles. The van der Waals surface area contributed by atoms with Crippen LogP contribution >= 0.6 is 11.8 Å². The second-order valence-corrected chi connectivity index (χ2v) is 7.11. The van der Waals surface area contributed by atoms with Crippen molar-refractivity contribution in [3.63, 3.8) is 0 Å². The van der Waals surface area contributed by atoms with Crippen LogP contribution in [0.4, 0.5) is 0 Å². The van der Waals surface area contributed by atoms with Gasteiger partial charge in [0.25, 0.3) is 0 Å². The minimum absolute atomic E-state index is 0.122. The predicted molar refractivity (Wildman–Crippen MR) is 83.3 cm³/mol. The molecule has 6 heteroatoms. The molecular formula is C15H22N2O3S. The number of likely N-dealkylation sites (N-methyl/N-ethyl adjacent to an activating group) is 1. The van der Waals surface area contributed by atoms with Gasteiger partial charge in [0.1, 0.15) is 0 Å². The summed E-state index contributed by atoms with van der Waals surface area (Å²) in [5.41, 5.74) is 1.38. The second kappa shape index (κ2) is 5.75. The van der Waals surface area contributed by atoms with Gasteiger partial charge < -0.3 is 15.0 Å². The maximum atomic E-state index is 12.4. The van der Waals surface area contributed by atoms with Gasteiger partial charge in [-0.15, -0.1) is 11.8 Å². The Morgan fingerprint density at radius 1 is 1.43 bits per heavy atom. The molecule has 2 aliphatic heterocycles. The first-order chi connectivity index (χ1) is 9.76. The van der Waals surface area contributed by atoms with E-state index < -0.39 is 0 Å². The van der Waals surface area contributed by atoms with Crippen LogP contribution in [-0.4, -0.2) is 42.2 Å². The molecule has 2 heterocycles. The predicted octanol–water partition coefficient (Wildman–Crippen LogP) is 1.87. The van der Waals surface area contributed by atoms with Crippen LogP contribution in [0.2, 0.25) is 0 Å². The fourth-order valence-electron chi connectivity index (χ4n) is 2.55. The van der Waals surface area contributed by atoms with Crippen molar-refractivity contribution in [3.05, 3.63) is 22.4 Å². The molecule has 1 N–H and O–H groups in total. The number of carbonyl (C=O) groups excluding carboxylic acids is 2. The summed E-state index contributed by atoms with van der Waals surface area (Å²) in [6.45, 7) is 8.46. The Morgan fingerprint density at radius 3 is 2.67 bits per heavy atom. The molecule has 2 aliphatic rings. The molecule has 0 bridgehead atoms. The molecule has 0 unspecified atom stereocenters.